The van der Waals surface area contributed by atoms with E-state index < -0.39 is 5.97 Å². The molecule has 1 aliphatic rings. The lowest BCUT2D eigenvalue weighted by atomic mass is 10.1. The summed E-state index contributed by atoms with van der Waals surface area (Å²) in [5, 5.41) is 9.39. The van der Waals surface area contributed by atoms with E-state index in [2.05, 4.69) is 12.2 Å². The quantitative estimate of drug-likeness (QED) is 0.812. The maximum atomic E-state index is 10.8. The smallest absolute Gasteiger partial charge is 0.335 e. The number of thioether (sulfide) groups is 1. The second-order valence-electron chi connectivity index (χ2n) is 3.85. The van der Waals surface area contributed by atoms with Crippen LogP contribution in [0.5, 0.6) is 0 Å². The minimum absolute atomic E-state index is 0.366. The Morgan fingerprint density at radius 3 is 3.00 bits per heavy atom. The SMILES string of the molecule is O=C(O)c1cccc(SC2C=CCCC2)c1. The third-order valence-corrected chi connectivity index (χ3v) is 3.80. The Morgan fingerprint density at radius 1 is 1.44 bits per heavy atom. The highest BCUT2D eigenvalue weighted by atomic mass is 32.2. The van der Waals surface area contributed by atoms with E-state index in [1.54, 1.807) is 30.0 Å². The lowest BCUT2D eigenvalue weighted by Crippen LogP contribution is -2.02. The van der Waals surface area contributed by atoms with E-state index in [-0.39, 0.29) is 0 Å². The summed E-state index contributed by atoms with van der Waals surface area (Å²) in [5.74, 6) is -0.860. The standard InChI is InChI=1S/C13H14O2S/c14-13(15)10-5-4-8-12(9-10)16-11-6-2-1-3-7-11/h2,4-6,8-9,11H,1,3,7H2,(H,14,15). The number of carboxylic acid groups (broad SMARTS) is 1. The molecule has 0 amide bonds. The van der Waals surface area contributed by atoms with Gasteiger partial charge >= 0.3 is 5.97 Å². The molecule has 16 heavy (non-hydrogen) atoms. The molecule has 3 heteroatoms. The van der Waals surface area contributed by atoms with Crippen molar-refractivity contribution in [2.24, 2.45) is 0 Å². The van der Waals surface area contributed by atoms with Gasteiger partial charge in [0.1, 0.15) is 0 Å². The molecule has 2 rings (SSSR count). The summed E-state index contributed by atoms with van der Waals surface area (Å²) in [4.78, 5) is 11.9. The van der Waals surface area contributed by atoms with Crippen molar-refractivity contribution in [2.45, 2.75) is 29.4 Å². The van der Waals surface area contributed by atoms with Gasteiger partial charge in [-0.25, -0.2) is 4.79 Å². The van der Waals surface area contributed by atoms with Gasteiger partial charge in [-0.3, -0.25) is 0 Å². The van der Waals surface area contributed by atoms with E-state index in [1.165, 1.54) is 19.3 Å². The van der Waals surface area contributed by atoms with Crippen molar-refractivity contribution >= 4 is 17.7 Å². The molecule has 84 valence electrons. The van der Waals surface area contributed by atoms with E-state index in [0.717, 1.165) is 4.90 Å². The van der Waals surface area contributed by atoms with E-state index in [9.17, 15) is 4.79 Å². The van der Waals surface area contributed by atoms with Gasteiger partial charge in [-0.1, -0.05) is 18.2 Å². The second kappa shape index (κ2) is 5.21. The zero-order valence-electron chi connectivity index (χ0n) is 8.93. The summed E-state index contributed by atoms with van der Waals surface area (Å²) < 4.78 is 0. The zero-order valence-corrected chi connectivity index (χ0v) is 9.74. The van der Waals surface area contributed by atoms with Crippen LogP contribution in [0, 0.1) is 0 Å². The van der Waals surface area contributed by atoms with Crippen LogP contribution in [0.2, 0.25) is 0 Å². The van der Waals surface area contributed by atoms with Gasteiger partial charge in [0.05, 0.1) is 5.56 Å². The fraction of sp³-hybridized carbons (Fsp3) is 0.308. The van der Waals surface area contributed by atoms with Crippen molar-refractivity contribution in [1.29, 1.82) is 0 Å². The molecule has 1 aromatic carbocycles. The number of carboxylic acids is 1. The number of hydrogen-bond donors (Lipinski definition) is 1. The number of carbonyl (C=O) groups is 1. The molecule has 0 aromatic heterocycles. The highest BCUT2D eigenvalue weighted by Gasteiger charge is 2.11. The van der Waals surface area contributed by atoms with Gasteiger partial charge < -0.3 is 5.11 Å². The molecular formula is C13H14O2S. The van der Waals surface area contributed by atoms with Gasteiger partial charge in [0.25, 0.3) is 0 Å². The van der Waals surface area contributed by atoms with Gasteiger partial charge in [-0.2, -0.15) is 0 Å². The molecule has 0 saturated heterocycles. The van der Waals surface area contributed by atoms with Crippen LogP contribution in [0.15, 0.2) is 41.3 Å². The second-order valence-corrected chi connectivity index (χ2v) is 5.16. The normalized spacial score (nSPS) is 19.6. The van der Waals surface area contributed by atoms with E-state index in [4.69, 9.17) is 5.11 Å². The third-order valence-electron chi connectivity index (χ3n) is 2.58. The molecule has 1 atom stereocenters. The first-order chi connectivity index (χ1) is 7.75. The highest BCUT2D eigenvalue weighted by molar-refractivity contribution is 8.00. The molecule has 1 aliphatic carbocycles. The monoisotopic (exact) mass is 234 g/mol. The maximum absolute atomic E-state index is 10.8. The van der Waals surface area contributed by atoms with Crippen LogP contribution in [-0.2, 0) is 0 Å². The first-order valence-corrected chi connectivity index (χ1v) is 6.30. The van der Waals surface area contributed by atoms with Crippen molar-refractivity contribution in [1.82, 2.24) is 0 Å². The molecular weight excluding hydrogens is 220 g/mol. The van der Waals surface area contributed by atoms with Crippen LogP contribution >= 0.6 is 11.8 Å². The lowest BCUT2D eigenvalue weighted by Gasteiger charge is -2.15. The van der Waals surface area contributed by atoms with Crippen molar-refractivity contribution in [3.63, 3.8) is 0 Å². The minimum atomic E-state index is -0.860. The molecule has 0 fully saturated rings. The van der Waals surface area contributed by atoms with Crippen LogP contribution < -0.4 is 0 Å². The van der Waals surface area contributed by atoms with Gasteiger partial charge in [0.15, 0.2) is 0 Å². The van der Waals surface area contributed by atoms with Gasteiger partial charge in [0, 0.05) is 10.1 Å². The number of hydrogen-bond acceptors (Lipinski definition) is 2. The molecule has 1 N–H and O–H groups in total. The molecule has 0 radical (unpaired) electrons. The molecule has 0 saturated carbocycles. The van der Waals surface area contributed by atoms with Gasteiger partial charge in [-0.15, -0.1) is 11.8 Å². The Kier molecular flexibility index (Phi) is 3.67. The fourth-order valence-electron chi connectivity index (χ4n) is 1.76. The molecule has 2 nitrogen and oxygen atoms in total. The third kappa shape index (κ3) is 2.89. The molecule has 0 bridgehead atoms. The van der Waals surface area contributed by atoms with Crippen molar-refractivity contribution in [2.75, 3.05) is 0 Å². The van der Waals surface area contributed by atoms with Gasteiger partial charge in [0.2, 0.25) is 0 Å². The topological polar surface area (TPSA) is 37.3 Å². The van der Waals surface area contributed by atoms with E-state index in [0.29, 0.717) is 10.8 Å². The first kappa shape index (κ1) is 11.3. The van der Waals surface area contributed by atoms with Crippen molar-refractivity contribution in [3.8, 4) is 0 Å². The molecule has 1 unspecified atom stereocenters. The number of benzene rings is 1. The van der Waals surface area contributed by atoms with Crippen molar-refractivity contribution in [3.05, 3.63) is 42.0 Å². The van der Waals surface area contributed by atoms with E-state index >= 15 is 0 Å². The average molecular weight is 234 g/mol. The molecule has 0 aliphatic heterocycles. The largest absolute Gasteiger partial charge is 0.478 e. The van der Waals surface area contributed by atoms with Crippen molar-refractivity contribution < 1.29 is 9.90 Å². The molecule has 1 aromatic rings. The zero-order chi connectivity index (χ0) is 11.4. The fourth-order valence-corrected chi connectivity index (χ4v) is 2.93. The minimum Gasteiger partial charge on any atom is -0.478 e. The average Bonchev–Trinajstić information content (AvgIpc) is 2.30. The number of allylic oxidation sites excluding steroid dienone is 1. The Hall–Kier alpha value is -1.22. The Morgan fingerprint density at radius 2 is 2.31 bits per heavy atom. The predicted molar refractivity (Wildman–Crippen MR) is 66.0 cm³/mol. The first-order valence-electron chi connectivity index (χ1n) is 5.42. The summed E-state index contributed by atoms with van der Waals surface area (Å²) in [5.41, 5.74) is 0.366. The predicted octanol–water partition coefficient (Wildman–Crippen LogP) is 3.59. The van der Waals surface area contributed by atoms with Crippen LogP contribution in [0.25, 0.3) is 0 Å². The summed E-state index contributed by atoms with van der Waals surface area (Å²) in [6, 6.07) is 7.15. The number of rotatable bonds is 3. The summed E-state index contributed by atoms with van der Waals surface area (Å²) in [6.07, 6.45) is 8.02. The summed E-state index contributed by atoms with van der Waals surface area (Å²) >= 11 is 1.75. The Balaban J connectivity index is 2.08. The molecule has 0 heterocycles. The molecule has 0 spiro atoms. The van der Waals surface area contributed by atoms with E-state index in [1.807, 2.05) is 6.07 Å². The number of aromatic carboxylic acids is 1. The lowest BCUT2D eigenvalue weighted by molar-refractivity contribution is 0.0696. The van der Waals surface area contributed by atoms with Crippen LogP contribution in [-0.4, -0.2) is 16.3 Å². The summed E-state index contributed by atoms with van der Waals surface area (Å²) in [7, 11) is 0. The van der Waals surface area contributed by atoms with Crippen LogP contribution in [0.3, 0.4) is 0 Å². The highest BCUT2D eigenvalue weighted by Crippen LogP contribution is 2.30. The Labute approximate surface area is 99.4 Å². The van der Waals surface area contributed by atoms with Crippen LogP contribution in [0.4, 0.5) is 0 Å². The summed E-state index contributed by atoms with van der Waals surface area (Å²) in [6.45, 7) is 0. The van der Waals surface area contributed by atoms with Gasteiger partial charge in [-0.05, 0) is 37.5 Å². The maximum Gasteiger partial charge on any atom is 0.335 e. The Bertz CT molecular complexity index is 412. The van der Waals surface area contributed by atoms with Crippen LogP contribution in [0.1, 0.15) is 29.6 Å².